The Kier molecular flexibility index (Phi) is 3.10. The number of benzene rings is 2. The average molecular weight is 287 g/mol. The number of hydrogen-bond donors (Lipinski definition) is 0. The van der Waals surface area contributed by atoms with Crippen molar-refractivity contribution >= 4 is 11.0 Å². The van der Waals surface area contributed by atoms with Crippen LogP contribution in [-0.2, 0) is 6.54 Å². The summed E-state index contributed by atoms with van der Waals surface area (Å²) in [7, 11) is 0. The van der Waals surface area contributed by atoms with Crippen LogP contribution in [0.5, 0.6) is 0 Å². The maximum atomic E-state index is 13.9. The van der Waals surface area contributed by atoms with Crippen LogP contribution in [0.2, 0.25) is 0 Å². The molecule has 3 nitrogen and oxygen atoms in total. The van der Waals surface area contributed by atoms with Crippen molar-refractivity contribution in [2.75, 3.05) is 0 Å². The molecule has 2 aromatic carbocycles. The van der Waals surface area contributed by atoms with Gasteiger partial charge in [0, 0.05) is 12.1 Å². The van der Waals surface area contributed by atoms with Gasteiger partial charge in [0.1, 0.15) is 18.2 Å². The largest absolute Gasteiger partial charge is 0.310 e. The Morgan fingerprint density at radius 2 is 1.76 bits per heavy atom. The van der Waals surface area contributed by atoms with Gasteiger partial charge in [0.15, 0.2) is 11.6 Å². The zero-order valence-electron chi connectivity index (χ0n) is 10.6. The van der Waals surface area contributed by atoms with E-state index in [0.717, 1.165) is 12.1 Å². The van der Waals surface area contributed by atoms with Crippen molar-refractivity contribution in [1.29, 1.82) is 5.26 Å². The second-order valence-corrected chi connectivity index (χ2v) is 4.41. The molecule has 0 bridgehead atoms. The number of halogens is 3. The Morgan fingerprint density at radius 3 is 2.48 bits per heavy atom. The fraction of sp³-hybridized carbons (Fsp3) is 0.0667. The number of nitrogens with zero attached hydrogens (tertiary/aromatic N) is 3. The second kappa shape index (κ2) is 4.94. The highest BCUT2D eigenvalue weighted by atomic mass is 19.2. The van der Waals surface area contributed by atoms with Crippen LogP contribution in [0.4, 0.5) is 13.2 Å². The molecule has 0 spiro atoms. The third-order valence-electron chi connectivity index (χ3n) is 3.13. The molecular formula is C15H8F3N3. The van der Waals surface area contributed by atoms with E-state index in [-0.39, 0.29) is 29.0 Å². The van der Waals surface area contributed by atoms with Gasteiger partial charge in [-0.05, 0) is 12.1 Å². The summed E-state index contributed by atoms with van der Waals surface area (Å²) in [4.78, 5) is 4.13. The van der Waals surface area contributed by atoms with Gasteiger partial charge in [0.05, 0.1) is 22.7 Å². The fourth-order valence-corrected chi connectivity index (χ4v) is 2.20. The van der Waals surface area contributed by atoms with Crippen LogP contribution in [-0.4, -0.2) is 9.55 Å². The first-order valence-corrected chi connectivity index (χ1v) is 6.09. The molecule has 0 atom stereocenters. The Bertz CT molecular complexity index is 878. The highest BCUT2D eigenvalue weighted by Crippen LogP contribution is 2.28. The van der Waals surface area contributed by atoms with Gasteiger partial charge in [-0.25, -0.2) is 18.2 Å². The quantitative estimate of drug-likeness (QED) is 0.722. The summed E-state index contributed by atoms with van der Waals surface area (Å²) in [6.07, 6.45) is 0. The lowest BCUT2D eigenvalue weighted by atomic mass is 10.2. The maximum absolute atomic E-state index is 13.9. The van der Waals surface area contributed by atoms with Crippen molar-refractivity contribution in [3.05, 3.63) is 53.8 Å². The van der Waals surface area contributed by atoms with Gasteiger partial charge in [-0.3, -0.25) is 0 Å². The number of rotatable bonds is 2. The lowest BCUT2D eigenvalue weighted by Crippen LogP contribution is -2.00. The highest BCUT2D eigenvalue weighted by molar-refractivity contribution is 5.81. The Morgan fingerprint density at radius 1 is 1.05 bits per heavy atom. The van der Waals surface area contributed by atoms with Gasteiger partial charge in [-0.15, -0.1) is 0 Å². The molecule has 3 rings (SSSR count). The molecular weight excluding hydrogens is 279 g/mol. The molecule has 1 aromatic heterocycles. The van der Waals surface area contributed by atoms with Crippen molar-refractivity contribution in [1.82, 2.24) is 9.55 Å². The van der Waals surface area contributed by atoms with Crippen LogP contribution in [0.3, 0.4) is 0 Å². The molecule has 0 radical (unpaired) electrons. The van der Waals surface area contributed by atoms with Crippen LogP contribution >= 0.6 is 0 Å². The minimum absolute atomic E-state index is 0.148. The zero-order valence-corrected chi connectivity index (χ0v) is 10.6. The smallest absolute Gasteiger partial charge is 0.161 e. The van der Waals surface area contributed by atoms with E-state index < -0.39 is 17.5 Å². The van der Waals surface area contributed by atoms with Crippen molar-refractivity contribution in [3.8, 4) is 17.5 Å². The van der Waals surface area contributed by atoms with Gasteiger partial charge in [0.2, 0.25) is 0 Å². The molecule has 0 saturated heterocycles. The van der Waals surface area contributed by atoms with Gasteiger partial charge >= 0.3 is 0 Å². The number of hydrogen-bond acceptors (Lipinski definition) is 2. The molecule has 1 heterocycles. The summed E-state index contributed by atoms with van der Waals surface area (Å²) >= 11 is 0. The second-order valence-electron chi connectivity index (χ2n) is 4.41. The molecule has 0 amide bonds. The maximum Gasteiger partial charge on any atom is 0.161 e. The molecule has 3 aromatic rings. The van der Waals surface area contributed by atoms with Crippen molar-refractivity contribution in [2.24, 2.45) is 0 Å². The van der Waals surface area contributed by atoms with Crippen LogP contribution < -0.4 is 0 Å². The molecule has 104 valence electrons. The normalized spacial score (nSPS) is 10.8. The molecule has 6 heteroatoms. The zero-order chi connectivity index (χ0) is 15.0. The van der Waals surface area contributed by atoms with E-state index in [4.69, 9.17) is 5.26 Å². The topological polar surface area (TPSA) is 41.6 Å². The Hall–Kier alpha value is -2.81. The summed E-state index contributed by atoms with van der Waals surface area (Å²) in [6, 6.07) is 9.70. The summed E-state index contributed by atoms with van der Waals surface area (Å²) in [5.41, 5.74) is 0.584. The molecule has 0 fully saturated rings. The van der Waals surface area contributed by atoms with Crippen LogP contribution in [0.15, 0.2) is 36.4 Å². The first-order chi connectivity index (χ1) is 10.1. The third kappa shape index (κ3) is 2.13. The summed E-state index contributed by atoms with van der Waals surface area (Å²) in [6.45, 7) is -0.148. The lowest BCUT2D eigenvalue weighted by Gasteiger charge is -2.05. The number of fused-ring (bicyclic) bond motifs is 1. The minimum Gasteiger partial charge on any atom is -0.310 e. The molecule has 0 aliphatic carbocycles. The van der Waals surface area contributed by atoms with E-state index in [2.05, 4.69) is 4.98 Å². The lowest BCUT2D eigenvalue weighted by molar-refractivity contribution is 0.510. The van der Waals surface area contributed by atoms with E-state index >= 15 is 0 Å². The average Bonchev–Trinajstić information content (AvgIpc) is 2.79. The summed E-state index contributed by atoms with van der Waals surface area (Å²) in [5, 5.41) is 8.90. The molecule has 0 saturated carbocycles. The summed E-state index contributed by atoms with van der Waals surface area (Å²) in [5.74, 6) is -2.44. The van der Waals surface area contributed by atoms with Gasteiger partial charge in [-0.1, -0.05) is 12.1 Å². The third-order valence-corrected chi connectivity index (χ3v) is 3.13. The number of nitriles is 1. The Labute approximate surface area is 117 Å². The molecule has 0 N–H and O–H groups in total. The van der Waals surface area contributed by atoms with Crippen LogP contribution in [0.25, 0.3) is 22.4 Å². The molecule has 0 aliphatic heterocycles. The monoisotopic (exact) mass is 287 g/mol. The predicted molar refractivity (Wildman–Crippen MR) is 70.7 cm³/mol. The van der Waals surface area contributed by atoms with Gasteiger partial charge in [-0.2, -0.15) is 5.26 Å². The van der Waals surface area contributed by atoms with Crippen molar-refractivity contribution < 1.29 is 13.2 Å². The molecule has 0 aliphatic rings. The molecule has 0 unspecified atom stereocenters. The number of imidazole rings is 1. The summed E-state index contributed by atoms with van der Waals surface area (Å²) < 4.78 is 41.9. The standard InChI is InChI=1S/C15H8F3N3/c16-10-4-2-1-3-9(10)15-20-13-7-11(17)12(18)8-14(13)21(15)6-5-19/h1-4,7-8H,6H2. The van der Waals surface area contributed by atoms with E-state index in [0.29, 0.717) is 0 Å². The first-order valence-electron chi connectivity index (χ1n) is 6.09. The van der Waals surface area contributed by atoms with E-state index in [1.807, 2.05) is 6.07 Å². The minimum atomic E-state index is -1.04. The SMILES string of the molecule is N#CCn1c(-c2ccccc2F)nc2cc(F)c(F)cc21. The first kappa shape index (κ1) is 13.2. The van der Waals surface area contributed by atoms with Crippen molar-refractivity contribution in [2.45, 2.75) is 6.54 Å². The van der Waals surface area contributed by atoms with Gasteiger partial charge < -0.3 is 4.57 Å². The number of aromatic nitrogens is 2. The Balaban J connectivity index is 2.35. The highest BCUT2D eigenvalue weighted by Gasteiger charge is 2.17. The van der Waals surface area contributed by atoms with Crippen LogP contribution in [0.1, 0.15) is 0 Å². The molecule has 21 heavy (non-hydrogen) atoms. The van der Waals surface area contributed by atoms with E-state index in [1.165, 1.54) is 22.8 Å². The van der Waals surface area contributed by atoms with Crippen LogP contribution in [0, 0.1) is 28.8 Å². The predicted octanol–water partition coefficient (Wildman–Crippen LogP) is 3.64. The fourth-order valence-electron chi connectivity index (χ4n) is 2.20. The van der Waals surface area contributed by atoms with E-state index in [9.17, 15) is 13.2 Å². The van der Waals surface area contributed by atoms with E-state index in [1.54, 1.807) is 6.07 Å². The van der Waals surface area contributed by atoms with Crippen molar-refractivity contribution in [3.63, 3.8) is 0 Å². The van der Waals surface area contributed by atoms with Gasteiger partial charge in [0.25, 0.3) is 0 Å².